The second-order valence-corrected chi connectivity index (χ2v) is 5.84. The maximum Gasteiger partial charge on any atom is 0.335 e. The highest BCUT2D eigenvalue weighted by Crippen LogP contribution is 2.32. The van der Waals surface area contributed by atoms with Gasteiger partial charge in [-0.2, -0.15) is 0 Å². The van der Waals surface area contributed by atoms with Crippen LogP contribution < -0.4 is 15.0 Å². The fraction of sp³-hybridized carbons (Fsp3) is 0.211. The molecule has 2 aromatic carbocycles. The van der Waals surface area contributed by atoms with Gasteiger partial charge in [-0.25, -0.2) is 4.79 Å². The molecule has 2 N–H and O–H groups in total. The Balaban J connectivity index is 1.63. The number of hydrogen-bond donors (Lipinski definition) is 2. The zero-order chi connectivity index (χ0) is 18.5. The van der Waals surface area contributed by atoms with Gasteiger partial charge in [0.2, 0.25) is 5.91 Å². The van der Waals surface area contributed by atoms with E-state index in [2.05, 4.69) is 5.32 Å². The molecule has 2 amide bonds. The Hall–Kier alpha value is -3.35. The number of carboxylic acids is 1. The van der Waals surface area contributed by atoms with Gasteiger partial charge in [-0.1, -0.05) is 30.3 Å². The average Bonchev–Trinajstić information content (AvgIpc) is 2.64. The van der Waals surface area contributed by atoms with Crippen molar-refractivity contribution in [2.24, 2.45) is 0 Å². The van der Waals surface area contributed by atoms with E-state index in [1.165, 1.54) is 23.1 Å². The van der Waals surface area contributed by atoms with E-state index in [0.717, 1.165) is 5.56 Å². The van der Waals surface area contributed by atoms with E-state index >= 15 is 0 Å². The Morgan fingerprint density at radius 2 is 1.92 bits per heavy atom. The quantitative estimate of drug-likeness (QED) is 0.819. The molecule has 0 fully saturated rings. The first kappa shape index (κ1) is 17.5. The molecule has 0 saturated carbocycles. The van der Waals surface area contributed by atoms with E-state index < -0.39 is 5.97 Å². The molecule has 0 saturated heterocycles. The summed E-state index contributed by atoms with van der Waals surface area (Å²) in [5, 5.41) is 11.8. The monoisotopic (exact) mass is 354 g/mol. The fourth-order valence-electron chi connectivity index (χ4n) is 2.70. The number of carbonyl (C=O) groups excluding carboxylic acids is 2. The van der Waals surface area contributed by atoms with Gasteiger partial charge in [0, 0.05) is 6.54 Å². The summed E-state index contributed by atoms with van der Waals surface area (Å²) in [5.41, 5.74) is 1.57. The molecule has 0 bridgehead atoms. The van der Waals surface area contributed by atoms with E-state index in [1.807, 2.05) is 30.3 Å². The van der Waals surface area contributed by atoms with Crippen LogP contribution in [-0.2, 0) is 16.0 Å². The van der Waals surface area contributed by atoms with Crippen LogP contribution in [0.2, 0.25) is 0 Å². The summed E-state index contributed by atoms with van der Waals surface area (Å²) in [4.78, 5) is 36.7. The maximum absolute atomic E-state index is 12.2. The summed E-state index contributed by atoms with van der Waals surface area (Å²) >= 11 is 0. The largest absolute Gasteiger partial charge is 0.482 e. The first-order valence-electron chi connectivity index (χ1n) is 8.16. The van der Waals surface area contributed by atoms with Gasteiger partial charge in [0.15, 0.2) is 6.61 Å². The lowest BCUT2D eigenvalue weighted by molar-refractivity contribution is -0.125. The van der Waals surface area contributed by atoms with Crippen LogP contribution in [0.4, 0.5) is 5.69 Å². The minimum atomic E-state index is -1.08. The Morgan fingerprint density at radius 1 is 1.15 bits per heavy atom. The molecular weight excluding hydrogens is 336 g/mol. The molecule has 1 heterocycles. The van der Waals surface area contributed by atoms with Crippen molar-refractivity contribution in [1.82, 2.24) is 5.32 Å². The van der Waals surface area contributed by atoms with Gasteiger partial charge in [-0.05, 0) is 30.2 Å². The number of benzene rings is 2. The van der Waals surface area contributed by atoms with Gasteiger partial charge < -0.3 is 15.2 Å². The number of rotatable bonds is 6. The zero-order valence-corrected chi connectivity index (χ0v) is 14.0. The van der Waals surface area contributed by atoms with Gasteiger partial charge >= 0.3 is 5.97 Å². The normalized spacial score (nSPS) is 12.9. The van der Waals surface area contributed by atoms with Crippen LogP contribution in [0, 0.1) is 0 Å². The first-order chi connectivity index (χ1) is 12.5. The highest BCUT2D eigenvalue weighted by atomic mass is 16.5. The third kappa shape index (κ3) is 4.00. The predicted octanol–water partition coefficient (Wildman–Crippen LogP) is 1.47. The van der Waals surface area contributed by atoms with Crippen molar-refractivity contribution >= 4 is 23.5 Å². The lowest BCUT2D eigenvalue weighted by Gasteiger charge is -2.29. The molecule has 1 aliphatic heterocycles. The van der Waals surface area contributed by atoms with Gasteiger partial charge in [0.1, 0.15) is 12.3 Å². The standard InChI is InChI=1S/C19H18N2O5/c22-17(20-9-8-13-4-2-1-3-5-13)11-21-15-7-6-14(19(24)25)10-16(15)26-12-18(21)23/h1-7,10H,8-9,11-12H2,(H,20,22)(H,24,25). The zero-order valence-electron chi connectivity index (χ0n) is 14.0. The number of ether oxygens (including phenoxy) is 1. The minimum Gasteiger partial charge on any atom is -0.482 e. The molecule has 0 unspecified atom stereocenters. The Labute approximate surface area is 150 Å². The molecular formula is C19H18N2O5. The molecule has 3 rings (SSSR count). The second kappa shape index (κ2) is 7.69. The number of aromatic carboxylic acids is 1. The average molecular weight is 354 g/mol. The molecule has 2 aromatic rings. The van der Waals surface area contributed by atoms with Crippen LogP contribution in [0.25, 0.3) is 0 Å². The molecule has 0 aliphatic carbocycles. The second-order valence-electron chi connectivity index (χ2n) is 5.84. The Bertz CT molecular complexity index is 835. The number of carbonyl (C=O) groups is 3. The number of carboxylic acid groups (broad SMARTS) is 1. The van der Waals surface area contributed by atoms with Gasteiger partial charge in [-0.3, -0.25) is 14.5 Å². The number of anilines is 1. The van der Waals surface area contributed by atoms with Crippen molar-refractivity contribution in [3.05, 3.63) is 59.7 Å². The topological polar surface area (TPSA) is 95.9 Å². The summed E-state index contributed by atoms with van der Waals surface area (Å²) in [6, 6.07) is 14.0. The van der Waals surface area contributed by atoms with Crippen molar-refractivity contribution in [2.45, 2.75) is 6.42 Å². The lowest BCUT2D eigenvalue weighted by Crippen LogP contribution is -2.45. The number of amides is 2. The van der Waals surface area contributed by atoms with Crippen LogP contribution >= 0.6 is 0 Å². The number of hydrogen-bond acceptors (Lipinski definition) is 4. The van der Waals surface area contributed by atoms with Crippen LogP contribution in [-0.4, -0.2) is 42.6 Å². The maximum atomic E-state index is 12.2. The number of nitrogens with zero attached hydrogens (tertiary/aromatic N) is 1. The van der Waals surface area contributed by atoms with Crippen molar-refractivity contribution in [3.63, 3.8) is 0 Å². The van der Waals surface area contributed by atoms with Crippen molar-refractivity contribution in [3.8, 4) is 5.75 Å². The van der Waals surface area contributed by atoms with Gasteiger partial charge in [-0.15, -0.1) is 0 Å². The fourth-order valence-corrected chi connectivity index (χ4v) is 2.70. The number of nitrogens with one attached hydrogen (secondary N) is 1. The lowest BCUT2D eigenvalue weighted by atomic mass is 10.1. The molecule has 1 aliphatic rings. The van der Waals surface area contributed by atoms with E-state index in [0.29, 0.717) is 18.7 Å². The van der Waals surface area contributed by atoms with E-state index in [1.54, 1.807) is 0 Å². The van der Waals surface area contributed by atoms with Crippen molar-refractivity contribution in [1.29, 1.82) is 0 Å². The molecule has 0 radical (unpaired) electrons. The summed E-state index contributed by atoms with van der Waals surface area (Å²) < 4.78 is 5.29. The molecule has 7 heteroatoms. The first-order valence-corrected chi connectivity index (χ1v) is 8.16. The third-order valence-electron chi connectivity index (χ3n) is 4.03. The van der Waals surface area contributed by atoms with Crippen LogP contribution in [0.1, 0.15) is 15.9 Å². The smallest absolute Gasteiger partial charge is 0.335 e. The SMILES string of the molecule is O=C(CN1C(=O)COc2cc(C(=O)O)ccc21)NCCc1ccccc1. The van der Waals surface area contributed by atoms with Crippen LogP contribution in [0.5, 0.6) is 5.75 Å². The summed E-state index contributed by atoms with van der Waals surface area (Å²) in [6.45, 7) is 0.0932. The third-order valence-corrected chi connectivity index (χ3v) is 4.03. The molecule has 0 spiro atoms. The Morgan fingerprint density at radius 3 is 2.65 bits per heavy atom. The molecule has 0 aromatic heterocycles. The molecule has 26 heavy (non-hydrogen) atoms. The van der Waals surface area contributed by atoms with Crippen LogP contribution in [0.15, 0.2) is 48.5 Å². The molecule has 0 atom stereocenters. The van der Waals surface area contributed by atoms with E-state index in [4.69, 9.17) is 9.84 Å². The van der Waals surface area contributed by atoms with Gasteiger partial charge in [0.25, 0.3) is 5.91 Å². The number of fused-ring (bicyclic) bond motifs is 1. The van der Waals surface area contributed by atoms with Gasteiger partial charge in [0.05, 0.1) is 11.3 Å². The van der Waals surface area contributed by atoms with E-state index in [9.17, 15) is 14.4 Å². The van der Waals surface area contributed by atoms with E-state index in [-0.39, 0.29) is 36.3 Å². The highest BCUT2D eigenvalue weighted by Gasteiger charge is 2.28. The summed E-state index contributed by atoms with van der Waals surface area (Å²) in [5.74, 6) is -1.44. The molecule has 134 valence electrons. The minimum absolute atomic E-state index is 0.0605. The highest BCUT2D eigenvalue weighted by molar-refractivity contribution is 6.02. The summed E-state index contributed by atoms with van der Waals surface area (Å²) in [7, 11) is 0. The Kier molecular flexibility index (Phi) is 5.17. The summed E-state index contributed by atoms with van der Waals surface area (Å²) in [6.07, 6.45) is 0.697. The predicted molar refractivity (Wildman–Crippen MR) is 94.4 cm³/mol. The van der Waals surface area contributed by atoms with Crippen molar-refractivity contribution < 1.29 is 24.2 Å². The van der Waals surface area contributed by atoms with Crippen LogP contribution in [0.3, 0.4) is 0 Å². The van der Waals surface area contributed by atoms with Crippen molar-refractivity contribution in [2.75, 3.05) is 24.6 Å². The molecule has 7 nitrogen and oxygen atoms in total.